The zero-order chi connectivity index (χ0) is 10.8. The molecule has 14 heavy (non-hydrogen) atoms. The molecule has 0 saturated heterocycles. The van der Waals surface area contributed by atoms with Crippen LogP contribution in [0.15, 0.2) is 0 Å². The third kappa shape index (κ3) is 8.85. The molecule has 0 saturated carbocycles. The summed E-state index contributed by atoms with van der Waals surface area (Å²) in [5.74, 6) is 1.51. The van der Waals surface area contributed by atoms with Crippen LogP contribution < -0.4 is 0 Å². The third-order valence-corrected chi connectivity index (χ3v) is 2.50. The number of ether oxygens (including phenoxy) is 2. The van der Waals surface area contributed by atoms with E-state index in [1.165, 1.54) is 12.8 Å². The molecule has 3 heteroatoms. The van der Waals surface area contributed by atoms with Gasteiger partial charge < -0.3 is 9.47 Å². The molecule has 0 aliphatic heterocycles. The SMILES string of the molecule is CCCC(CS)COCCOC(C)C. The normalized spacial score (nSPS) is 13.5. The van der Waals surface area contributed by atoms with Crippen molar-refractivity contribution in [3.8, 4) is 0 Å². The van der Waals surface area contributed by atoms with Crippen LogP contribution in [0.3, 0.4) is 0 Å². The fourth-order valence-corrected chi connectivity index (χ4v) is 1.52. The number of hydrogen-bond donors (Lipinski definition) is 1. The molecule has 0 aliphatic carbocycles. The molecule has 0 amide bonds. The van der Waals surface area contributed by atoms with Gasteiger partial charge in [0.1, 0.15) is 0 Å². The number of hydrogen-bond acceptors (Lipinski definition) is 3. The van der Waals surface area contributed by atoms with Crippen LogP contribution in [-0.2, 0) is 9.47 Å². The average molecular weight is 220 g/mol. The van der Waals surface area contributed by atoms with Gasteiger partial charge in [-0.25, -0.2) is 0 Å². The Labute approximate surface area is 93.8 Å². The van der Waals surface area contributed by atoms with E-state index in [9.17, 15) is 0 Å². The summed E-state index contributed by atoms with van der Waals surface area (Å²) in [6.45, 7) is 8.48. The second-order valence-electron chi connectivity index (χ2n) is 3.83. The summed E-state index contributed by atoms with van der Waals surface area (Å²) in [5.41, 5.74) is 0. The molecule has 0 fully saturated rings. The standard InChI is InChI=1S/C11H24O2S/c1-4-5-11(9-14)8-12-6-7-13-10(2)3/h10-11,14H,4-9H2,1-3H3. The summed E-state index contributed by atoms with van der Waals surface area (Å²) < 4.78 is 10.9. The highest BCUT2D eigenvalue weighted by atomic mass is 32.1. The lowest BCUT2D eigenvalue weighted by atomic mass is 10.1. The van der Waals surface area contributed by atoms with E-state index in [1.807, 2.05) is 13.8 Å². The van der Waals surface area contributed by atoms with E-state index in [2.05, 4.69) is 19.6 Å². The minimum Gasteiger partial charge on any atom is -0.379 e. The van der Waals surface area contributed by atoms with Crippen molar-refractivity contribution < 1.29 is 9.47 Å². The van der Waals surface area contributed by atoms with E-state index < -0.39 is 0 Å². The van der Waals surface area contributed by atoms with Crippen LogP contribution in [0.2, 0.25) is 0 Å². The Morgan fingerprint density at radius 2 is 1.93 bits per heavy atom. The Balaban J connectivity index is 3.24. The van der Waals surface area contributed by atoms with Gasteiger partial charge in [0.15, 0.2) is 0 Å². The summed E-state index contributed by atoms with van der Waals surface area (Å²) >= 11 is 4.30. The molecule has 0 spiro atoms. The van der Waals surface area contributed by atoms with Gasteiger partial charge in [0, 0.05) is 0 Å². The molecule has 0 aromatic rings. The fraction of sp³-hybridized carbons (Fsp3) is 1.00. The van der Waals surface area contributed by atoms with Crippen LogP contribution in [0.1, 0.15) is 33.6 Å². The Bertz CT molecular complexity index is 118. The van der Waals surface area contributed by atoms with Crippen molar-refractivity contribution in [3.05, 3.63) is 0 Å². The van der Waals surface area contributed by atoms with Crippen molar-refractivity contribution in [3.63, 3.8) is 0 Å². The van der Waals surface area contributed by atoms with Crippen molar-refractivity contribution in [1.82, 2.24) is 0 Å². The molecule has 0 bridgehead atoms. The molecule has 1 unspecified atom stereocenters. The summed E-state index contributed by atoms with van der Waals surface area (Å²) in [4.78, 5) is 0. The second kappa shape index (κ2) is 9.81. The van der Waals surface area contributed by atoms with Crippen molar-refractivity contribution in [2.75, 3.05) is 25.6 Å². The molecular weight excluding hydrogens is 196 g/mol. The van der Waals surface area contributed by atoms with Gasteiger partial charge in [0.2, 0.25) is 0 Å². The zero-order valence-corrected chi connectivity index (χ0v) is 10.6. The Morgan fingerprint density at radius 3 is 2.43 bits per heavy atom. The summed E-state index contributed by atoms with van der Waals surface area (Å²) in [7, 11) is 0. The van der Waals surface area contributed by atoms with Crippen LogP contribution in [0.25, 0.3) is 0 Å². The fourth-order valence-electron chi connectivity index (χ4n) is 1.23. The van der Waals surface area contributed by atoms with Crippen molar-refractivity contribution in [1.29, 1.82) is 0 Å². The molecule has 1 atom stereocenters. The second-order valence-corrected chi connectivity index (χ2v) is 4.20. The van der Waals surface area contributed by atoms with Crippen molar-refractivity contribution >= 4 is 12.6 Å². The predicted molar refractivity (Wildman–Crippen MR) is 64.2 cm³/mol. The van der Waals surface area contributed by atoms with Crippen molar-refractivity contribution in [2.45, 2.75) is 39.7 Å². The Kier molecular flexibility index (Phi) is 10.0. The number of thiol groups is 1. The predicted octanol–water partition coefficient (Wildman–Crippen LogP) is 2.77. The Hall–Kier alpha value is 0.270. The first-order chi connectivity index (χ1) is 6.70. The highest BCUT2D eigenvalue weighted by molar-refractivity contribution is 7.80. The molecule has 0 aromatic heterocycles. The van der Waals surface area contributed by atoms with E-state index in [-0.39, 0.29) is 0 Å². The van der Waals surface area contributed by atoms with Gasteiger partial charge in [-0.15, -0.1) is 0 Å². The first kappa shape index (κ1) is 14.3. The first-order valence-corrected chi connectivity index (χ1v) is 6.14. The molecule has 2 nitrogen and oxygen atoms in total. The zero-order valence-electron chi connectivity index (χ0n) is 9.66. The van der Waals surface area contributed by atoms with Gasteiger partial charge >= 0.3 is 0 Å². The van der Waals surface area contributed by atoms with E-state index in [4.69, 9.17) is 9.47 Å². The average Bonchev–Trinajstić information content (AvgIpc) is 2.15. The molecule has 0 heterocycles. The monoisotopic (exact) mass is 220 g/mol. The van der Waals surface area contributed by atoms with Crippen LogP contribution in [0.4, 0.5) is 0 Å². The van der Waals surface area contributed by atoms with E-state index in [1.54, 1.807) is 0 Å². The van der Waals surface area contributed by atoms with Gasteiger partial charge in [-0.05, 0) is 31.9 Å². The highest BCUT2D eigenvalue weighted by Crippen LogP contribution is 2.08. The maximum absolute atomic E-state index is 5.52. The third-order valence-electron chi connectivity index (χ3n) is 1.99. The molecule has 0 aliphatic rings. The lowest BCUT2D eigenvalue weighted by Gasteiger charge is -2.14. The van der Waals surface area contributed by atoms with Crippen molar-refractivity contribution in [2.24, 2.45) is 5.92 Å². The van der Waals surface area contributed by atoms with Gasteiger partial charge in [-0.1, -0.05) is 13.3 Å². The topological polar surface area (TPSA) is 18.5 Å². The maximum Gasteiger partial charge on any atom is 0.0703 e. The molecular formula is C11H24O2S. The first-order valence-electron chi connectivity index (χ1n) is 5.50. The lowest BCUT2D eigenvalue weighted by Crippen LogP contribution is -2.15. The quantitative estimate of drug-likeness (QED) is 0.476. The largest absolute Gasteiger partial charge is 0.379 e. The molecule has 0 N–H and O–H groups in total. The van der Waals surface area contributed by atoms with Gasteiger partial charge in [-0.3, -0.25) is 0 Å². The lowest BCUT2D eigenvalue weighted by molar-refractivity contribution is 0.0111. The van der Waals surface area contributed by atoms with Gasteiger partial charge in [-0.2, -0.15) is 12.6 Å². The number of rotatable bonds is 9. The molecule has 0 aromatic carbocycles. The minimum atomic E-state index is 0.301. The van der Waals surface area contributed by atoms with E-state index in [0.29, 0.717) is 25.2 Å². The molecule has 0 radical (unpaired) electrons. The van der Waals surface area contributed by atoms with E-state index >= 15 is 0 Å². The maximum atomic E-state index is 5.52. The smallest absolute Gasteiger partial charge is 0.0703 e. The Morgan fingerprint density at radius 1 is 1.21 bits per heavy atom. The van der Waals surface area contributed by atoms with Crippen LogP contribution in [0.5, 0.6) is 0 Å². The van der Waals surface area contributed by atoms with Crippen LogP contribution in [0, 0.1) is 5.92 Å². The van der Waals surface area contributed by atoms with Crippen LogP contribution in [-0.4, -0.2) is 31.7 Å². The molecule has 0 rings (SSSR count). The molecule has 86 valence electrons. The van der Waals surface area contributed by atoms with Gasteiger partial charge in [0.25, 0.3) is 0 Å². The highest BCUT2D eigenvalue weighted by Gasteiger charge is 2.05. The minimum absolute atomic E-state index is 0.301. The van der Waals surface area contributed by atoms with E-state index in [0.717, 1.165) is 12.4 Å². The van der Waals surface area contributed by atoms with Gasteiger partial charge in [0.05, 0.1) is 25.9 Å². The summed E-state index contributed by atoms with van der Waals surface area (Å²) in [6, 6.07) is 0. The summed E-state index contributed by atoms with van der Waals surface area (Å²) in [6.07, 6.45) is 2.71. The summed E-state index contributed by atoms with van der Waals surface area (Å²) in [5, 5.41) is 0. The van der Waals surface area contributed by atoms with Crippen LogP contribution >= 0.6 is 12.6 Å².